The maximum atomic E-state index is 12.2. The highest BCUT2D eigenvalue weighted by atomic mass is 35.5. The van der Waals surface area contributed by atoms with Crippen LogP contribution >= 0.6 is 11.6 Å². The molecule has 0 aromatic heterocycles. The number of hydrogen-bond acceptors (Lipinski definition) is 2. The van der Waals surface area contributed by atoms with Crippen LogP contribution in [0.25, 0.3) is 0 Å². The molecular formula is C17H25ClN2O2. The second-order valence-corrected chi connectivity index (χ2v) is 6.90. The Bertz CT molecular complexity index is 497. The summed E-state index contributed by atoms with van der Waals surface area (Å²) >= 11 is 6.20. The molecule has 1 aromatic rings. The van der Waals surface area contributed by atoms with E-state index in [-0.39, 0.29) is 17.6 Å². The number of carbonyl (C=O) groups excluding carboxylic acids is 1. The van der Waals surface area contributed by atoms with Gasteiger partial charge in [-0.15, -0.1) is 0 Å². The van der Waals surface area contributed by atoms with E-state index in [9.17, 15) is 4.79 Å². The molecule has 1 saturated heterocycles. The molecule has 1 atom stereocenters. The van der Waals surface area contributed by atoms with Gasteiger partial charge in [0.1, 0.15) is 0 Å². The average Bonchev–Trinajstić information content (AvgIpc) is 2.69. The van der Waals surface area contributed by atoms with Crippen molar-refractivity contribution in [2.45, 2.75) is 51.1 Å². The molecular weight excluding hydrogens is 300 g/mol. The van der Waals surface area contributed by atoms with Gasteiger partial charge in [0.05, 0.1) is 0 Å². The van der Waals surface area contributed by atoms with Gasteiger partial charge in [0.15, 0.2) is 0 Å². The molecule has 1 aromatic carbocycles. The van der Waals surface area contributed by atoms with Crippen molar-refractivity contribution in [3.8, 4) is 0 Å². The average molecular weight is 325 g/mol. The van der Waals surface area contributed by atoms with Gasteiger partial charge in [-0.2, -0.15) is 0 Å². The lowest BCUT2D eigenvalue weighted by molar-refractivity contribution is 0.142. The fourth-order valence-corrected chi connectivity index (χ4v) is 2.94. The van der Waals surface area contributed by atoms with E-state index in [1.165, 1.54) is 0 Å². The van der Waals surface area contributed by atoms with E-state index in [0.717, 1.165) is 36.5 Å². The highest BCUT2D eigenvalue weighted by molar-refractivity contribution is 6.31. The van der Waals surface area contributed by atoms with E-state index in [1.807, 2.05) is 38.1 Å². The molecule has 1 heterocycles. The predicted octanol–water partition coefficient (Wildman–Crippen LogP) is 3.53. The molecule has 122 valence electrons. The zero-order valence-corrected chi connectivity index (χ0v) is 14.1. The lowest BCUT2D eigenvalue weighted by atomic mass is 9.95. The normalized spacial score (nSPS) is 19.3. The number of ether oxygens (including phenoxy) is 1. The third-order valence-corrected chi connectivity index (χ3v) is 4.20. The summed E-state index contributed by atoms with van der Waals surface area (Å²) in [5.41, 5.74) is 0.674. The number of amides is 2. The number of carbonyl (C=O) groups is 1. The van der Waals surface area contributed by atoms with Gasteiger partial charge in [-0.3, -0.25) is 0 Å². The van der Waals surface area contributed by atoms with E-state index in [2.05, 4.69) is 10.6 Å². The van der Waals surface area contributed by atoms with Gasteiger partial charge in [-0.05, 0) is 51.2 Å². The number of nitrogens with one attached hydrogen (secondary N) is 2. The van der Waals surface area contributed by atoms with E-state index in [4.69, 9.17) is 16.3 Å². The molecule has 5 heteroatoms. The standard InChI is InChI=1S/C17H25ClN2O2/c1-17(2,12-13-6-3-4-8-15(13)18)20-16(21)19-14-7-5-10-22-11-9-14/h3-4,6,8,14H,5,7,9-12H2,1-2H3,(H2,19,20,21). The quantitative estimate of drug-likeness (QED) is 0.890. The topological polar surface area (TPSA) is 50.4 Å². The summed E-state index contributed by atoms with van der Waals surface area (Å²) in [5.74, 6) is 0. The lowest BCUT2D eigenvalue weighted by Gasteiger charge is -2.28. The first-order valence-electron chi connectivity index (χ1n) is 7.86. The van der Waals surface area contributed by atoms with Crippen LogP contribution in [-0.4, -0.2) is 30.8 Å². The Morgan fingerprint density at radius 2 is 2.09 bits per heavy atom. The van der Waals surface area contributed by atoms with Crippen molar-refractivity contribution in [3.05, 3.63) is 34.9 Å². The molecule has 2 N–H and O–H groups in total. The molecule has 22 heavy (non-hydrogen) atoms. The number of urea groups is 1. The van der Waals surface area contributed by atoms with Crippen LogP contribution < -0.4 is 10.6 Å². The third-order valence-electron chi connectivity index (χ3n) is 3.83. The van der Waals surface area contributed by atoms with Crippen molar-refractivity contribution in [2.75, 3.05) is 13.2 Å². The van der Waals surface area contributed by atoms with Gasteiger partial charge in [0, 0.05) is 29.8 Å². The van der Waals surface area contributed by atoms with Crippen LogP contribution in [0.1, 0.15) is 38.7 Å². The molecule has 4 nitrogen and oxygen atoms in total. The second-order valence-electron chi connectivity index (χ2n) is 6.49. The maximum absolute atomic E-state index is 12.2. The van der Waals surface area contributed by atoms with Crippen LogP contribution in [0.5, 0.6) is 0 Å². The number of halogens is 1. The molecule has 1 unspecified atom stereocenters. The Hall–Kier alpha value is -1.26. The Morgan fingerprint density at radius 1 is 1.32 bits per heavy atom. The van der Waals surface area contributed by atoms with Crippen molar-refractivity contribution in [2.24, 2.45) is 0 Å². The van der Waals surface area contributed by atoms with Crippen LogP contribution in [0.15, 0.2) is 24.3 Å². The molecule has 0 aliphatic carbocycles. The molecule has 2 amide bonds. The molecule has 1 fully saturated rings. The molecule has 0 bridgehead atoms. The van der Waals surface area contributed by atoms with Crippen molar-refractivity contribution < 1.29 is 9.53 Å². The van der Waals surface area contributed by atoms with Crippen molar-refractivity contribution in [3.63, 3.8) is 0 Å². The van der Waals surface area contributed by atoms with Gasteiger partial charge in [-0.1, -0.05) is 29.8 Å². The van der Waals surface area contributed by atoms with Crippen LogP contribution in [0, 0.1) is 0 Å². The summed E-state index contributed by atoms with van der Waals surface area (Å²) in [6.07, 6.45) is 3.53. The van der Waals surface area contributed by atoms with Crippen LogP contribution in [0.4, 0.5) is 4.79 Å². The Labute approximate surface area is 137 Å². The SMILES string of the molecule is CC(C)(Cc1ccccc1Cl)NC(=O)NC1CCCOCC1. The van der Waals surface area contributed by atoms with Gasteiger partial charge in [0.2, 0.25) is 0 Å². The summed E-state index contributed by atoms with van der Waals surface area (Å²) in [6.45, 7) is 5.52. The Balaban J connectivity index is 1.87. The van der Waals surface area contributed by atoms with Crippen LogP contribution in [0.2, 0.25) is 5.02 Å². The van der Waals surface area contributed by atoms with Gasteiger partial charge in [0.25, 0.3) is 0 Å². The molecule has 0 spiro atoms. The first-order chi connectivity index (χ1) is 10.5. The minimum atomic E-state index is -0.365. The van der Waals surface area contributed by atoms with E-state index in [1.54, 1.807) is 0 Å². The van der Waals surface area contributed by atoms with E-state index in [0.29, 0.717) is 13.0 Å². The zero-order chi connectivity index (χ0) is 16.0. The summed E-state index contributed by atoms with van der Waals surface area (Å²) in [6, 6.07) is 7.81. The fraction of sp³-hybridized carbons (Fsp3) is 0.588. The number of hydrogen-bond donors (Lipinski definition) is 2. The van der Waals surface area contributed by atoms with Gasteiger partial charge >= 0.3 is 6.03 Å². The lowest BCUT2D eigenvalue weighted by Crippen LogP contribution is -2.52. The highest BCUT2D eigenvalue weighted by Gasteiger charge is 2.23. The van der Waals surface area contributed by atoms with E-state index >= 15 is 0 Å². The van der Waals surface area contributed by atoms with Crippen molar-refractivity contribution >= 4 is 17.6 Å². The Kier molecular flexibility index (Phi) is 6.09. The maximum Gasteiger partial charge on any atom is 0.315 e. The monoisotopic (exact) mass is 324 g/mol. The predicted molar refractivity (Wildman–Crippen MR) is 89.4 cm³/mol. The van der Waals surface area contributed by atoms with Gasteiger partial charge in [-0.25, -0.2) is 4.79 Å². The van der Waals surface area contributed by atoms with Crippen LogP contribution in [-0.2, 0) is 11.2 Å². The van der Waals surface area contributed by atoms with Crippen LogP contribution in [0.3, 0.4) is 0 Å². The zero-order valence-electron chi connectivity index (χ0n) is 13.3. The minimum absolute atomic E-state index is 0.121. The molecule has 1 aliphatic heterocycles. The summed E-state index contributed by atoms with van der Waals surface area (Å²) in [4.78, 5) is 12.2. The summed E-state index contributed by atoms with van der Waals surface area (Å²) < 4.78 is 5.41. The van der Waals surface area contributed by atoms with Crippen molar-refractivity contribution in [1.82, 2.24) is 10.6 Å². The molecule has 0 saturated carbocycles. The van der Waals surface area contributed by atoms with Gasteiger partial charge < -0.3 is 15.4 Å². The third kappa shape index (κ3) is 5.50. The highest BCUT2D eigenvalue weighted by Crippen LogP contribution is 2.20. The Morgan fingerprint density at radius 3 is 2.86 bits per heavy atom. The number of benzene rings is 1. The smallest absolute Gasteiger partial charge is 0.315 e. The second kappa shape index (κ2) is 7.84. The minimum Gasteiger partial charge on any atom is -0.381 e. The first kappa shape index (κ1) is 17.1. The van der Waals surface area contributed by atoms with Crippen molar-refractivity contribution in [1.29, 1.82) is 0 Å². The molecule has 2 rings (SSSR count). The summed E-state index contributed by atoms with van der Waals surface area (Å²) in [5, 5.41) is 6.84. The largest absolute Gasteiger partial charge is 0.381 e. The van der Waals surface area contributed by atoms with E-state index < -0.39 is 0 Å². The molecule has 1 aliphatic rings. The summed E-state index contributed by atoms with van der Waals surface area (Å²) in [7, 11) is 0. The number of rotatable bonds is 4. The fourth-order valence-electron chi connectivity index (χ4n) is 2.74. The molecule has 0 radical (unpaired) electrons. The first-order valence-corrected chi connectivity index (χ1v) is 8.24.